The molecule has 34 heavy (non-hydrogen) atoms. The lowest BCUT2D eigenvalue weighted by Gasteiger charge is -2.39. The minimum absolute atomic E-state index is 0.00419. The molecule has 0 saturated heterocycles. The number of carbonyl (C=O) groups excluding carboxylic acids is 1. The van der Waals surface area contributed by atoms with Gasteiger partial charge in [-0.05, 0) is 61.1 Å². The summed E-state index contributed by atoms with van der Waals surface area (Å²) in [6.45, 7) is 8.09. The quantitative estimate of drug-likeness (QED) is 0.392. The van der Waals surface area contributed by atoms with Crippen molar-refractivity contribution in [3.05, 3.63) is 107 Å². The van der Waals surface area contributed by atoms with Crippen LogP contribution in [-0.2, 0) is 10.3 Å². The first kappa shape index (κ1) is 23.6. The van der Waals surface area contributed by atoms with Crippen LogP contribution in [-0.4, -0.2) is 15.6 Å². The minimum atomic E-state index is -0.740. The van der Waals surface area contributed by atoms with Gasteiger partial charge in [0.1, 0.15) is 0 Å². The van der Waals surface area contributed by atoms with Crippen molar-refractivity contribution >= 4 is 6.09 Å². The summed E-state index contributed by atoms with van der Waals surface area (Å²) in [4.78, 5) is 26.9. The SMILES string of the molecule is CC[C@@H](c1ccc(-c2ccc(=O)n(C(C)C)c2)cc1)N1C=C[C@](CC)(c2ccccc2)OC1=O. The van der Waals surface area contributed by atoms with Crippen LogP contribution in [0.4, 0.5) is 4.79 Å². The topological polar surface area (TPSA) is 51.5 Å². The standard InChI is InChI=1S/C29H32N2O3/c1-5-26(30-19-18-29(6-2,34-28(30)33)25-10-8-7-9-11-25)23-14-12-22(13-15-23)24-16-17-27(32)31(20-24)21(3)4/h7-21,26H,5-6H2,1-4H3/t26-,29+/m0/s1. The average molecular weight is 457 g/mol. The maximum absolute atomic E-state index is 13.2. The first-order chi connectivity index (χ1) is 16.4. The Labute approximate surface area is 201 Å². The van der Waals surface area contributed by atoms with Crippen LogP contribution in [0.3, 0.4) is 0 Å². The molecule has 1 aromatic heterocycles. The maximum Gasteiger partial charge on any atom is 0.415 e. The zero-order valence-corrected chi connectivity index (χ0v) is 20.3. The first-order valence-corrected chi connectivity index (χ1v) is 12.0. The van der Waals surface area contributed by atoms with Crippen LogP contribution in [0.15, 0.2) is 90.0 Å². The summed E-state index contributed by atoms with van der Waals surface area (Å²) in [5.74, 6) is 0. The lowest BCUT2D eigenvalue weighted by atomic mass is 9.89. The number of cyclic esters (lactones) is 1. The lowest BCUT2D eigenvalue weighted by Crippen LogP contribution is -2.42. The Morgan fingerprint density at radius 1 is 0.882 bits per heavy atom. The fourth-order valence-corrected chi connectivity index (χ4v) is 4.57. The van der Waals surface area contributed by atoms with Gasteiger partial charge in [-0.25, -0.2) is 4.79 Å². The number of ether oxygens (including phenoxy) is 1. The zero-order valence-electron chi connectivity index (χ0n) is 20.3. The predicted molar refractivity (Wildman–Crippen MR) is 135 cm³/mol. The van der Waals surface area contributed by atoms with E-state index in [0.29, 0.717) is 6.42 Å². The highest BCUT2D eigenvalue weighted by Crippen LogP contribution is 2.38. The van der Waals surface area contributed by atoms with Gasteiger partial charge in [-0.2, -0.15) is 0 Å². The van der Waals surface area contributed by atoms with Crippen molar-refractivity contribution in [3.8, 4) is 11.1 Å². The van der Waals surface area contributed by atoms with E-state index in [1.54, 1.807) is 15.5 Å². The number of aromatic nitrogens is 1. The van der Waals surface area contributed by atoms with E-state index in [2.05, 4.69) is 6.92 Å². The number of hydrogen-bond acceptors (Lipinski definition) is 3. The molecule has 0 N–H and O–H groups in total. The molecule has 2 aromatic carbocycles. The van der Waals surface area contributed by atoms with Gasteiger partial charge in [0.2, 0.25) is 0 Å². The molecule has 2 heterocycles. The summed E-state index contributed by atoms with van der Waals surface area (Å²) < 4.78 is 7.77. The van der Waals surface area contributed by atoms with Crippen molar-refractivity contribution in [1.82, 2.24) is 9.47 Å². The number of pyridine rings is 1. The van der Waals surface area contributed by atoms with Crippen molar-refractivity contribution in [3.63, 3.8) is 0 Å². The number of hydrogen-bond donors (Lipinski definition) is 0. The van der Waals surface area contributed by atoms with Crippen LogP contribution in [0.25, 0.3) is 11.1 Å². The van der Waals surface area contributed by atoms with Crippen molar-refractivity contribution in [2.45, 2.75) is 58.2 Å². The molecule has 5 nitrogen and oxygen atoms in total. The van der Waals surface area contributed by atoms with Crippen LogP contribution in [0.5, 0.6) is 0 Å². The van der Waals surface area contributed by atoms with Gasteiger partial charge in [-0.15, -0.1) is 0 Å². The second kappa shape index (κ2) is 9.72. The molecule has 2 atom stereocenters. The summed E-state index contributed by atoms with van der Waals surface area (Å²) in [7, 11) is 0. The third kappa shape index (κ3) is 4.43. The normalized spacial score (nSPS) is 18.7. The molecule has 0 radical (unpaired) electrons. The summed E-state index contributed by atoms with van der Waals surface area (Å²) in [6.07, 6.45) is 6.85. The monoisotopic (exact) mass is 456 g/mol. The molecule has 0 bridgehead atoms. The molecule has 1 amide bonds. The van der Waals surface area contributed by atoms with E-state index in [4.69, 9.17) is 4.74 Å². The number of rotatable bonds is 7. The number of amides is 1. The number of carbonyl (C=O) groups is 1. The van der Waals surface area contributed by atoms with Crippen LogP contribution in [0, 0.1) is 0 Å². The summed E-state index contributed by atoms with van der Waals surface area (Å²) in [5, 5.41) is 0. The number of nitrogens with zero attached hydrogens (tertiary/aromatic N) is 2. The molecule has 176 valence electrons. The molecule has 1 aliphatic heterocycles. The van der Waals surface area contributed by atoms with Gasteiger partial charge >= 0.3 is 6.09 Å². The molecule has 0 fully saturated rings. The summed E-state index contributed by atoms with van der Waals surface area (Å²) in [5.41, 5.74) is 3.28. The van der Waals surface area contributed by atoms with Gasteiger partial charge in [-0.1, -0.05) is 68.4 Å². The minimum Gasteiger partial charge on any atom is -0.433 e. The molecule has 3 aromatic rings. The molecule has 0 unspecified atom stereocenters. The Morgan fingerprint density at radius 2 is 1.56 bits per heavy atom. The Bertz CT molecular complexity index is 1230. The van der Waals surface area contributed by atoms with Crippen molar-refractivity contribution in [2.24, 2.45) is 0 Å². The van der Waals surface area contributed by atoms with Crippen LogP contribution in [0.1, 0.15) is 63.7 Å². The highest BCUT2D eigenvalue weighted by Gasteiger charge is 2.39. The molecule has 4 rings (SSSR count). The van der Waals surface area contributed by atoms with E-state index in [-0.39, 0.29) is 23.7 Å². The lowest BCUT2D eigenvalue weighted by molar-refractivity contribution is 0.00367. The van der Waals surface area contributed by atoms with Gasteiger partial charge in [0.05, 0.1) is 6.04 Å². The maximum atomic E-state index is 13.2. The van der Waals surface area contributed by atoms with E-state index >= 15 is 0 Å². The Balaban J connectivity index is 1.60. The molecule has 0 saturated carbocycles. The highest BCUT2D eigenvalue weighted by atomic mass is 16.6. The number of benzene rings is 2. The predicted octanol–water partition coefficient (Wildman–Crippen LogP) is 6.82. The smallest absolute Gasteiger partial charge is 0.415 e. The van der Waals surface area contributed by atoms with Gasteiger partial charge < -0.3 is 9.30 Å². The van der Waals surface area contributed by atoms with E-state index in [1.807, 2.05) is 99.9 Å². The molecule has 5 heteroatoms. The molecule has 0 aliphatic carbocycles. The van der Waals surface area contributed by atoms with Crippen LogP contribution < -0.4 is 5.56 Å². The fourth-order valence-electron chi connectivity index (χ4n) is 4.57. The highest BCUT2D eigenvalue weighted by molar-refractivity contribution is 5.72. The van der Waals surface area contributed by atoms with Gasteiger partial charge in [0, 0.05) is 24.5 Å². The largest absolute Gasteiger partial charge is 0.433 e. The Morgan fingerprint density at radius 3 is 2.15 bits per heavy atom. The van der Waals surface area contributed by atoms with Gasteiger partial charge in [0.25, 0.3) is 5.56 Å². The molecular formula is C29H32N2O3. The second-order valence-electron chi connectivity index (χ2n) is 9.00. The molecule has 0 spiro atoms. The van der Waals surface area contributed by atoms with E-state index in [9.17, 15) is 9.59 Å². The second-order valence-corrected chi connectivity index (χ2v) is 9.00. The van der Waals surface area contributed by atoms with Crippen molar-refractivity contribution in [1.29, 1.82) is 0 Å². The third-order valence-corrected chi connectivity index (χ3v) is 6.62. The molecule has 1 aliphatic rings. The van der Waals surface area contributed by atoms with E-state index in [1.165, 1.54) is 0 Å². The summed E-state index contributed by atoms with van der Waals surface area (Å²) >= 11 is 0. The van der Waals surface area contributed by atoms with Crippen LogP contribution in [0.2, 0.25) is 0 Å². The summed E-state index contributed by atoms with van der Waals surface area (Å²) in [6, 6.07) is 21.5. The van der Waals surface area contributed by atoms with Crippen molar-refractivity contribution in [2.75, 3.05) is 0 Å². The van der Waals surface area contributed by atoms with Crippen LogP contribution >= 0.6 is 0 Å². The van der Waals surface area contributed by atoms with E-state index in [0.717, 1.165) is 28.7 Å². The molecular weight excluding hydrogens is 424 g/mol. The fraction of sp³-hybridized carbons (Fsp3) is 0.310. The Hall–Kier alpha value is -3.60. The average Bonchev–Trinajstić information content (AvgIpc) is 2.86. The third-order valence-electron chi connectivity index (χ3n) is 6.62. The van der Waals surface area contributed by atoms with Gasteiger partial charge in [-0.3, -0.25) is 9.69 Å². The Kier molecular flexibility index (Phi) is 6.73. The van der Waals surface area contributed by atoms with Crippen molar-refractivity contribution < 1.29 is 9.53 Å². The van der Waals surface area contributed by atoms with E-state index < -0.39 is 5.60 Å². The first-order valence-electron chi connectivity index (χ1n) is 12.0. The van der Waals surface area contributed by atoms with Gasteiger partial charge in [0.15, 0.2) is 5.60 Å². The zero-order chi connectivity index (χ0) is 24.3.